The summed E-state index contributed by atoms with van der Waals surface area (Å²) in [5, 5.41) is 5.52. The van der Waals surface area contributed by atoms with E-state index in [-0.39, 0.29) is 36.0 Å². The number of hydrogen-bond donors (Lipinski definition) is 2. The van der Waals surface area contributed by atoms with Gasteiger partial charge in [0, 0.05) is 37.7 Å². The predicted octanol–water partition coefficient (Wildman–Crippen LogP) is 0.928. The normalized spacial score (nSPS) is 17.4. The number of rotatable bonds is 6. The molecule has 2 N–H and O–H groups in total. The van der Waals surface area contributed by atoms with Crippen LogP contribution in [0.25, 0.3) is 0 Å². The molecule has 0 radical (unpaired) electrons. The number of carbonyl (C=O) groups excluding carboxylic acids is 3. The Morgan fingerprint density at radius 3 is 2.48 bits per heavy atom. The van der Waals surface area contributed by atoms with Crippen LogP contribution in [0.2, 0.25) is 0 Å². The van der Waals surface area contributed by atoms with Gasteiger partial charge in [0.2, 0.25) is 17.7 Å². The molecule has 0 saturated carbocycles. The first-order valence-electron chi connectivity index (χ1n) is 7.90. The van der Waals surface area contributed by atoms with Crippen LogP contribution in [0.15, 0.2) is 30.3 Å². The number of nitrogens with one attached hydrogen (secondary N) is 2. The molecule has 2 rings (SSSR count). The molecule has 3 amide bonds. The highest BCUT2D eigenvalue weighted by Crippen LogP contribution is 2.24. The van der Waals surface area contributed by atoms with Crippen molar-refractivity contribution in [1.29, 1.82) is 0 Å². The number of benzene rings is 1. The van der Waals surface area contributed by atoms with Gasteiger partial charge in [-0.1, -0.05) is 32.0 Å². The predicted molar refractivity (Wildman–Crippen MR) is 87.8 cm³/mol. The molecular formula is C17H23N3O3. The zero-order chi connectivity index (χ0) is 16.8. The molecule has 1 heterocycles. The molecule has 0 aromatic heterocycles. The monoisotopic (exact) mass is 317 g/mol. The molecule has 0 aliphatic carbocycles. The summed E-state index contributed by atoms with van der Waals surface area (Å²) >= 11 is 0. The van der Waals surface area contributed by atoms with Crippen molar-refractivity contribution < 1.29 is 14.4 Å². The van der Waals surface area contributed by atoms with Crippen LogP contribution < -0.4 is 15.5 Å². The molecule has 0 bridgehead atoms. The fourth-order valence-corrected chi connectivity index (χ4v) is 2.46. The lowest BCUT2D eigenvalue weighted by Crippen LogP contribution is -2.39. The van der Waals surface area contributed by atoms with Crippen LogP contribution in [-0.4, -0.2) is 37.4 Å². The maximum atomic E-state index is 12.1. The fraction of sp³-hybridized carbons (Fsp3) is 0.471. The summed E-state index contributed by atoms with van der Waals surface area (Å²) in [4.78, 5) is 37.3. The van der Waals surface area contributed by atoms with E-state index in [1.807, 2.05) is 44.2 Å². The lowest BCUT2D eigenvalue weighted by molar-refractivity contribution is -0.126. The van der Waals surface area contributed by atoms with Crippen molar-refractivity contribution >= 4 is 23.4 Å². The van der Waals surface area contributed by atoms with Crippen molar-refractivity contribution in [2.24, 2.45) is 11.8 Å². The van der Waals surface area contributed by atoms with Crippen LogP contribution in [-0.2, 0) is 14.4 Å². The largest absolute Gasteiger partial charge is 0.354 e. The van der Waals surface area contributed by atoms with E-state index in [9.17, 15) is 14.4 Å². The van der Waals surface area contributed by atoms with Crippen molar-refractivity contribution in [1.82, 2.24) is 10.6 Å². The van der Waals surface area contributed by atoms with E-state index in [1.165, 1.54) is 0 Å². The molecule has 0 spiro atoms. The average Bonchev–Trinajstić information content (AvgIpc) is 2.93. The van der Waals surface area contributed by atoms with E-state index in [0.717, 1.165) is 5.69 Å². The van der Waals surface area contributed by atoms with Gasteiger partial charge >= 0.3 is 0 Å². The smallest absolute Gasteiger partial charge is 0.227 e. The van der Waals surface area contributed by atoms with Crippen LogP contribution >= 0.6 is 0 Å². The standard InChI is InChI=1S/C17H23N3O3/c1-12(2)16(22)18-8-9-19-17(23)13-10-15(21)20(11-13)14-6-4-3-5-7-14/h3-7,12-13H,8-11H2,1-2H3,(H,18,22)(H,19,23). The summed E-state index contributed by atoms with van der Waals surface area (Å²) in [5.74, 6) is -0.633. The third-order valence-corrected chi connectivity index (χ3v) is 3.81. The van der Waals surface area contributed by atoms with E-state index in [2.05, 4.69) is 10.6 Å². The summed E-state index contributed by atoms with van der Waals surface area (Å²) in [6.07, 6.45) is 0.221. The Morgan fingerprint density at radius 1 is 1.17 bits per heavy atom. The van der Waals surface area contributed by atoms with E-state index in [1.54, 1.807) is 4.90 Å². The summed E-state index contributed by atoms with van der Waals surface area (Å²) in [7, 11) is 0. The van der Waals surface area contributed by atoms with E-state index in [0.29, 0.717) is 19.6 Å². The quantitative estimate of drug-likeness (QED) is 0.766. The number of para-hydroxylation sites is 1. The summed E-state index contributed by atoms with van der Waals surface area (Å²) in [5.41, 5.74) is 0.817. The number of nitrogens with zero attached hydrogens (tertiary/aromatic N) is 1. The molecule has 6 heteroatoms. The van der Waals surface area contributed by atoms with Gasteiger partial charge in [-0.25, -0.2) is 0 Å². The first-order valence-corrected chi connectivity index (χ1v) is 7.90. The van der Waals surface area contributed by atoms with Crippen LogP contribution in [0.1, 0.15) is 20.3 Å². The first-order chi connectivity index (χ1) is 11.0. The molecule has 1 atom stereocenters. The molecule has 1 fully saturated rings. The third kappa shape index (κ3) is 4.55. The van der Waals surface area contributed by atoms with Gasteiger partial charge in [0.25, 0.3) is 0 Å². The van der Waals surface area contributed by atoms with Gasteiger partial charge in [0.05, 0.1) is 5.92 Å². The SMILES string of the molecule is CC(C)C(=O)NCCNC(=O)C1CC(=O)N(c2ccccc2)C1. The average molecular weight is 317 g/mol. The van der Waals surface area contributed by atoms with Crippen LogP contribution in [0.3, 0.4) is 0 Å². The first kappa shape index (κ1) is 17.0. The molecule has 124 valence electrons. The molecule has 1 aliphatic heterocycles. The van der Waals surface area contributed by atoms with E-state index >= 15 is 0 Å². The molecular weight excluding hydrogens is 294 g/mol. The maximum absolute atomic E-state index is 12.1. The summed E-state index contributed by atoms with van der Waals surface area (Å²) in [6, 6.07) is 9.35. The Hall–Kier alpha value is -2.37. The summed E-state index contributed by atoms with van der Waals surface area (Å²) < 4.78 is 0. The highest BCUT2D eigenvalue weighted by molar-refractivity contribution is 6.00. The number of carbonyl (C=O) groups is 3. The third-order valence-electron chi connectivity index (χ3n) is 3.81. The molecule has 1 saturated heterocycles. The molecule has 1 aliphatic rings. The Morgan fingerprint density at radius 2 is 1.83 bits per heavy atom. The molecule has 1 unspecified atom stereocenters. The number of anilines is 1. The lowest BCUT2D eigenvalue weighted by Gasteiger charge is -2.16. The highest BCUT2D eigenvalue weighted by atomic mass is 16.2. The number of amides is 3. The molecule has 23 heavy (non-hydrogen) atoms. The minimum absolute atomic E-state index is 0.0365. The van der Waals surface area contributed by atoms with Crippen molar-refractivity contribution in [3.63, 3.8) is 0 Å². The molecule has 1 aromatic rings. The maximum Gasteiger partial charge on any atom is 0.227 e. The number of hydrogen-bond acceptors (Lipinski definition) is 3. The van der Waals surface area contributed by atoms with Gasteiger partial charge in [-0.3, -0.25) is 14.4 Å². The molecule has 1 aromatic carbocycles. The Balaban J connectivity index is 1.78. The van der Waals surface area contributed by atoms with Crippen molar-refractivity contribution in [2.45, 2.75) is 20.3 Å². The van der Waals surface area contributed by atoms with Gasteiger partial charge < -0.3 is 15.5 Å². The highest BCUT2D eigenvalue weighted by Gasteiger charge is 2.34. The van der Waals surface area contributed by atoms with E-state index < -0.39 is 0 Å². The summed E-state index contributed by atoms with van der Waals surface area (Å²) in [6.45, 7) is 4.79. The van der Waals surface area contributed by atoms with Crippen LogP contribution in [0, 0.1) is 11.8 Å². The van der Waals surface area contributed by atoms with Gasteiger partial charge in [-0.15, -0.1) is 0 Å². The zero-order valence-electron chi connectivity index (χ0n) is 13.5. The van der Waals surface area contributed by atoms with Crippen LogP contribution in [0.4, 0.5) is 5.69 Å². The topological polar surface area (TPSA) is 78.5 Å². The zero-order valence-corrected chi connectivity index (χ0v) is 13.5. The molecule has 6 nitrogen and oxygen atoms in total. The Kier molecular flexibility index (Phi) is 5.73. The van der Waals surface area contributed by atoms with Crippen LogP contribution in [0.5, 0.6) is 0 Å². The Labute approximate surface area is 136 Å². The Bertz CT molecular complexity index is 572. The second kappa shape index (κ2) is 7.76. The van der Waals surface area contributed by atoms with Crippen molar-refractivity contribution in [3.8, 4) is 0 Å². The minimum atomic E-state index is -0.344. The lowest BCUT2D eigenvalue weighted by atomic mass is 10.1. The van der Waals surface area contributed by atoms with Gasteiger partial charge in [-0.05, 0) is 12.1 Å². The second-order valence-electron chi connectivity index (χ2n) is 5.98. The van der Waals surface area contributed by atoms with Gasteiger partial charge in [0.15, 0.2) is 0 Å². The van der Waals surface area contributed by atoms with Gasteiger partial charge in [-0.2, -0.15) is 0 Å². The van der Waals surface area contributed by atoms with E-state index in [4.69, 9.17) is 0 Å². The van der Waals surface area contributed by atoms with Crippen molar-refractivity contribution in [3.05, 3.63) is 30.3 Å². The van der Waals surface area contributed by atoms with Gasteiger partial charge in [0.1, 0.15) is 0 Å². The van der Waals surface area contributed by atoms with Crippen molar-refractivity contribution in [2.75, 3.05) is 24.5 Å². The minimum Gasteiger partial charge on any atom is -0.354 e. The second-order valence-corrected chi connectivity index (χ2v) is 5.98. The fourth-order valence-electron chi connectivity index (χ4n) is 2.46.